The number of rotatable bonds is 7. The molecular formula is C16H25N3O. The minimum Gasteiger partial charge on any atom is -0.384 e. The van der Waals surface area contributed by atoms with E-state index in [1.165, 1.54) is 5.56 Å². The fraction of sp³-hybridized carbons (Fsp3) is 0.562. The molecule has 1 aromatic carbocycles. The van der Waals surface area contributed by atoms with E-state index in [1.807, 2.05) is 12.1 Å². The summed E-state index contributed by atoms with van der Waals surface area (Å²) in [4.78, 5) is 14.5. The zero-order valence-corrected chi connectivity index (χ0v) is 12.5. The lowest BCUT2D eigenvalue weighted by Crippen LogP contribution is -2.35. The predicted molar refractivity (Wildman–Crippen MR) is 83.4 cm³/mol. The summed E-state index contributed by atoms with van der Waals surface area (Å²) in [5.41, 5.74) is 3.16. The van der Waals surface area contributed by atoms with Crippen molar-refractivity contribution in [3.05, 3.63) is 29.3 Å². The second-order valence-electron chi connectivity index (χ2n) is 5.24. The highest BCUT2D eigenvalue weighted by atomic mass is 16.1. The Morgan fingerprint density at radius 3 is 2.95 bits per heavy atom. The first-order valence-corrected chi connectivity index (χ1v) is 7.62. The Labute approximate surface area is 121 Å². The van der Waals surface area contributed by atoms with E-state index in [0.717, 1.165) is 50.3 Å². The maximum atomic E-state index is 12.1. The van der Waals surface area contributed by atoms with Gasteiger partial charge in [0.2, 0.25) is 0 Å². The molecule has 4 heteroatoms. The zero-order chi connectivity index (χ0) is 14.4. The molecule has 1 aromatic rings. The molecule has 0 fully saturated rings. The molecule has 0 atom stereocenters. The number of benzene rings is 1. The minimum atomic E-state index is 0.0223. The van der Waals surface area contributed by atoms with Crippen LogP contribution in [0, 0.1) is 0 Å². The fourth-order valence-corrected chi connectivity index (χ4v) is 2.61. The third-order valence-electron chi connectivity index (χ3n) is 3.78. The maximum Gasteiger partial charge on any atom is 0.251 e. The molecule has 1 amide bonds. The lowest BCUT2D eigenvalue weighted by Gasteiger charge is -2.19. The van der Waals surface area contributed by atoms with Gasteiger partial charge in [0.25, 0.3) is 5.91 Å². The van der Waals surface area contributed by atoms with Gasteiger partial charge in [-0.15, -0.1) is 0 Å². The Morgan fingerprint density at radius 1 is 1.35 bits per heavy atom. The van der Waals surface area contributed by atoms with E-state index in [2.05, 4.69) is 35.4 Å². The Morgan fingerprint density at radius 2 is 2.20 bits per heavy atom. The Kier molecular flexibility index (Phi) is 5.41. The van der Waals surface area contributed by atoms with Crippen molar-refractivity contribution in [3.63, 3.8) is 0 Å². The topological polar surface area (TPSA) is 44.4 Å². The fourth-order valence-electron chi connectivity index (χ4n) is 2.61. The smallest absolute Gasteiger partial charge is 0.251 e. The van der Waals surface area contributed by atoms with Crippen LogP contribution >= 0.6 is 0 Å². The molecule has 0 radical (unpaired) electrons. The molecule has 2 N–H and O–H groups in total. The van der Waals surface area contributed by atoms with Crippen LogP contribution in [0.1, 0.15) is 36.2 Å². The molecule has 0 spiro atoms. The van der Waals surface area contributed by atoms with Crippen molar-refractivity contribution in [1.82, 2.24) is 10.2 Å². The lowest BCUT2D eigenvalue weighted by molar-refractivity contribution is 0.0948. The van der Waals surface area contributed by atoms with Gasteiger partial charge in [-0.2, -0.15) is 0 Å². The molecule has 0 aromatic heterocycles. The van der Waals surface area contributed by atoms with Crippen LogP contribution in [0.25, 0.3) is 0 Å². The van der Waals surface area contributed by atoms with Gasteiger partial charge < -0.3 is 15.5 Å². The molecule has 0 saturated heterocycles. The van der Waals surface area contributed by atoms with Gasteiger partial charge in [-0.05, 0) is 43.6 Å². The predicted octanol–water partition coefficient (Wildman–Crippen LogP) is 2.12. The normalized spacial score (nSPS) is 13.2. The molecule has 2 rings (SSSR count). The van der Waals surface area contributed by atoms with Crippen molar-refractivity contribution in [2.45, 2.75) is 26.7 Å². The third-order valence-corrected chi connectivity index (χ3v) is 3.78. The van der Waals surface area contributed by atoms with Gasteiger partial charge in [-0.1, -0.05) is 19.9 Å². The number of hydrogen-bond donors (Lipinski definition) is 2. The van der Waals surface area contributed by atoms with Crippen LogP contribution in [0.4, 0.5) is 5.69 Å². The molecule has 0 bridgehead atoms. The van der Waals surface area contributed by atoms with Crippen LogP contribution < -0.4 is 10.6 Å². The van der Waals surface area contributed by atoms with E-state index in [-0.39, 0.29) is 5.91 Å². The molecule has 110 valence electrons. The lowest BCUT2D eigenvalue weighted by atomic mass is 10.1. The van der Waals surface area contributed by atoms with Crippen molar-refractivity contribution in [3.8, 4) is 0 Å². The van der Waals surface area contributed by atoms with Gasteiger partial charge in [0.05, 0.1) is 0 Å². The van der Waals surface area contributed by atoms with Crippen molar-refractivity contribution in [2.24, 2.45) is 0 Å². The molecule has 0 saturated carbocycles. The number of anilines is 1. The van der Waals surface area contributed by atoms with E-state index < -0.39 is 0 Å². The number of carbonyl (C=O) groups is 1. The van der Waals surface area contributed by atoms with Crippen LogP contribution in [0.15, 0.2) is 18.2 Å². The summed E-state index contributed by atoms with van der Waals surface area (Å²) in [5.74, 6) is 0.0223. The highest BCUT2D eigenvalue weighted by Crippen LogP contribution is 2.22. The third kappa shape index (κ3) is 3.73. The second-order valence-corrected chi connectivity index (χ2v) is 5.24. The second kappa shape index (κ2) is 7.29. The number of likely N-dealkylation sites (N-methyl/N-ethyl adjacent to an activating group) is 1. The van der Waals surface area contributed by atoms with E-state index in [0.29, 0.717) is 6.54 Å². The quantitative estimate of drug-likeness (QED) is 0.801. The van der Waals surface area contributed by atoms with Crippen LogP contribution in [0.2, 0.25) is 0 Å². The van der Waals surface area contributed by atoms with E-state index >= 15 is 0 Å². The monoisotopic (exact) mass is 275 g/mol. The Bertz CT molecular complexity index is 459. The molecule has 0 aliphatic carbocycles. The van der Waals surface area contributed by atoms with E-state index in [9.17, 15) is 4.79 Å². The number of hydrogen-bond acceptors (Lipinski definition) is 3. The van der Waals surface area contributed by atoms with Crippen LogP contribution in [-0.2, 0) is 6.42 Å². The molecule has 1 aliphatic rings. The van der Waals surface area contributed by atoms with E-state index in [4.69, 9.17) is 0 Å². The van der Waals surface area contributed by atoms with Gasteiger partial charge in [0.15, 0.2) is 0 Å². The minimum absolute atomic E-state index is 0.0223. The summed E-state index contributed by atoms with van der Waals surface area (Å²) >= 11 is 0. The summed E-state index contributed by atoms with van der Waals surface area (Å²) in [5, 5.41) is 6.31. The van der Waals surface area contributed by atoms with Gasteiger partial charge >= 0.3 is 0 Å². The van der Waals surface area contributed by atoms with Gasteiger partial charge in [0, 0.05) is 30.9 Å². The standard InChI is InChI=1S/C16H25N3O/c1-3-10-19(4-2)11-9-18-16(20)14-6-5-13-7-8-17-15(13)12-14/h5-6,12,17H,3-4,7-11H2,1-2H3,(H,18,20). The molecule has 1 aliphatic heterocycles. The summed E-state index contributed by atoms with van der Waals surface area (Å²) in [6.07, 6.45) is 2.21. The van der Waals surface area contributed by atoms with Crippen molar-refractivity contribution < 1.29 is 4.79 Å². The summed E-state index contributed by atoms with van der Waals surface area (Å²) in [6, 6.07) is 5.94. The average Bonchev–Trinajstić information content (AvgIpc) is 2.93. The first kappa shape index (κ1) is 14.9. The first-order chi connectivity index (χ1) is 9.74. The van der Waals surface area contributed by atoms with Gasteiger partial charge in [-0.3, -0.25) is 4.79 Å². The molecule has 0 unspecified atom stereocenters. The molecular weight excluding hydrogens is 250 g/mol. The van der Waals surface area contributed by atoms with Crippen molar-refractivity contribution in [1.29, 1.82) is 0 Å². The molecule has 1 heterocycles. The number of nitrogens with zero attached hydrogens (tertiary/aromatic N) is 1. The SMILES string of the molecule is CCCN(CC)CCNC(=O)c1ccc2c(c1)NCC2. The zero-order valence-electron chi connectivity index (χ0n) is 12.5. The largest absolute Gasteiger partial charge is 0.384 e. The first-order valence-electron chi connectivity index (χ1n) is 7.62. The average molecular weight is 275 g/mol. The summed E-state index contributed by atoms with van der Waals surface area (Å²) in [6.45, 7) is 9.06. The van der Waals surface area contributed by atoms with Gasteiger partial charge in [-0.25, -0.2) is 0 Å². The highest BCUT2D eigenvalue weighted by Gasteiger charge is 2.13. The van der Waals surface area contributed by atoms with Gasteiger partial charge in [0.1, 0.15) is 0 Å². The number of amides is 1. The summed E-state index contributed by atoms with van der Waals surface area (Å²) in [7, 11) is 0. The number of fused-ring (bicyclic) bond motifs is 1. The number of nitrogens with one attached hydrogen (secondary N) is 2. The maximum absolute atomic E-state index is 12.1. The molecule has 4 nitrogen and oxygen atoms in total. The highest BCUT2D eigenvalue weighted by molar-refractivity contribution is 5.95. The van der Waals surface area contributed by atoms with Crippen molar-refractivity contribution in [2.75, 3.05) is 38.0 Å². The van der Waals surface area contributed by atoms with Crippen LogP contribution in [0.5, 0.6) is 0 Å². The Hall–Kier alpha value is -1.55. The van der Waals surface area contributed by atoms with Crippen molar-refractivity contribution >= 4 is 11.6 Å². The van der Waals surface area contributed by atoms with E-state index in [1.54, 1.807) is 0 Å². The summed E-state index contributed by atoms with van der Waals surface area (Å²) < 4.78 is 0. The molecule has 20 heavy (non-hydrogen) atoms. The Balaban J connectivity index is 1.83. The van der Waals surface area contributed by atoms with Crippen LogP contribution in [-0.4, -0.2) is 43.5 Å². The number of carbonyl (C=O) groups excluding carboxylic acids is 1. The van der Waals surface area contributed by atoms with Crippen LogP contribution in [0.3, 0.4) is 0 Å².